The monoisotopic (exact) mass is 183 g/mol. The molecule has 0 radical (unpaired) electrons. The van der Waals surface area contributed by atoms with Gasteiger partial charge in [-0.1, -0.05) is 20.8 Å². The lowest BCUT2D eigenvalue weighted by Crippen LogP contribution is -2.12. The maximum atomic E-state index is 8.48. The van der Waals surface area contributed by atoms with Crippen molar-refractivity contribution in [3.8, 4) is 6.07 Å². The topological polar surface area (TPSA) is 33.0 Å². The summed E-state index contributed by atoms with van der Waals surface area (Å²) in [5, 5.41) is 8.48. The van der Waals surface area contributed by atoms with Crippen LogP contribution in [0.5, 0.6) is 0 Å². The van der Waals surface area contributed by atoms with Gasteiger partial charge < -0.3 is 4.74 Å². The molecule has 2 heteroatoms. The average molecular weight is 183 g/mol. The van der Waals surface area contributed by atoms with Gasteiger partial charge >= 0.3 is 0 Å². The van der Waals surface area contributed by atoms with E-state index in [4.69, 9.17) is 10.00 Å². The highest BCUT2D eigenvalue weighted by Gasteiger charge is 2.04. The molecular formula is C11H21NO. The van der Waals surface area contributed by atoms with E-state index in [0.717, 1.165) is 25.4 Å². The van der Waals surface area contributed by atoms with E-state index in [1.54, 1.807) is 0 Å². The van der Waals surface area contributed by atoms with Gasteiger partial charge in [0.2, 0.25) is 0 Å². The van der Waals surface area contributed by atoms with Gasteiger partial charge in [-0.05, 0) is 25.2 Å². The lowest BCUT2D eigenvalue weighted by molar-refractivity contribution is 0.0501. The Labute approximate surface area is 81.9 Å². The third-order valence-corrected chi connectivity index (χ3v) is 2.05. The number of hydrogen-bond donors (Lipinski definition) is 0. The smallest absolute Gasteiger partial charge is 0.0702 e. The summed E-state index contributed by atoms with van der Waals surface area (Å²) in [6, 6.07) is 2.14. The summed E-state index contributed by atoms with van der Waals surface area (Å²) in [5.41, 5.74) is 0. The Kier molecular flexibility index (Phi) is 7.73. The van der Waals surface area contributed by atoms with Crippen LogP contribution in [-0.4, -0.2) is 12.7 Å². The molecule has 76 valence electrons. The van der Waals surface area contributed by atoms with Crippen LogP contribution < -0.4 is 0 Å². The van der Waals surface area contributed by atoms with E-state index in [9.17, 15) is 0 Å². The Morgan fingerprint density at radius 3 is 2.54 bits per heavy atom. The van der Waals surface area contributed by atoms with Crippen molar-refractivity contribution in [3.05, 3.63) is 0 Å². The molecule has 0 rings (SSSR count). The quantitative estimate of drug-likeness (QED) is 0.568. The molecule has 0 amide bonds. The van der Waals surface area contributed by atoms with Crippen LogP contribution in [0.25, 0.3) is 0 Å². The number of nitriles is 1. The van der Waals surface area contributed by atoms with E-state index in [1.807, 2.05) is 0 Å². The largest absolute Gasteiger partial charge is 0.377 e. The Morgan fingerprint density at radius 2 is 2.08 bits per heavy atom. The van der Waals surface area contributed by atoms with Crippen molar-refractivity contribution in [1.82, 2.24) is 0 Å². The van der Waals surface area contributed by atoms with Crippen LogP contribution in [0.3, 0.4) is 0 Å². The Bertz CT molecular complexity index is 149. The molecule has 1 unspecified atom stereocenters. The second-order valence-corrected chi connectivity index (χ2v) is 3.80. The van der Waals surface area contributed by atoms with Crippen molar-refractivity contribution in [2.45, 2.75) is 52.6 Å². The van der Waals surface area contributed by atoms with Crippen LogP contribution in [0, 0.1) is 17.2 Å². The predicted molar refractivity (Wildman–Crippen MR) is 54.3 cm³/mol. The van der Waals surface area contributed by atoms with Gasteiger partial charge in [0.25, 0.3) is 0 Å². The summed E-state index contributed by atoms with van der Waals surface area (Å²) in [6.07, 6.45) is 3.94. The summed E-state index contributed by atoms with van der Waals surface area (Å²) >= 11 is 0. The van der Waals surface area contributed by atoms with Gasteiger partial charge in [0, 0.05) is 6.61 Å². The van der Waals surface area contributed by atoms with E-state index in [2.05, 4.69) is 26.8 Å². The van der Waals surface area contributed by atoms with Gasteiger partial charge in [-0.25, -0.2) is 0 Å². The zero-order valence-corrected chi connectivity index (χ0v) is 9.05. The molecule has 0 heterocycles. The van der Waals surface area contributed by atoms with Gasteiger partial charge in [0.15, 0.2) is 0 Å². The zero-order chi connectivity index (χ0) is 10.1. The molecule has 1 atom stereocenters. The van der Waals surface area contributed by atoms with Gasteiger partial charge in [-0.2, -0.15) is 5.26 Å². The molecule has 0 aliphatic carbocycles. The van der Waals surface area contributed by atoms with E-state index in [1.165, 1.54) is 6.42 Å². The standard InChI is InChI=1S/C11H21NO/c1-4-11(7-8-12)13-9-5-6-10(2)3/h10-11H,4-7,9H2,1-3H3. The first kappa shape index (κ1) is 12.4. The first-order valence-electron chi connectivity index (χ1n) is 5.19. The predicted octanol–water partition coefficient (Wildman–Crippen LogP) is 3.13. The molecule has 0 aliphatic heterocycles. The Morgan fingerprint density at radius 1 is 1.38 bits per heavy atom. The van der Waals surface area contributed by atoms with E-state index in [-0.39, 0.29) is 6.10 Å². The first-order chi connectivity index (χ1) is 6.20. The summed E-state index contributed by atoms with van der Waals surface area (Å²) in [4.78, 5) is 0. The number of rotatable bonds is 7. The highest BCUT2D eigenvalue weighted by atomic mass is 16.5. The van der Waals surface area contributed by atoms with Crippen molar-refractivity contribution in [1.29, 1.82) is 5.26 Å². The highest BCUT2D eigenvalue weighted by molar-refractivity contribution is 4.75. The van der Waals surface area contributed by atoms with Crippen molar-refractivity contribution < 1.29 is 4.74 Å². The van der Waals surface area contributed by atoms with Gasteiger partial charge in [0.1, 0.15) is 0 Å². The summed E-state index contributed by atoms with van der Waals surface area (Å²) in [6.45, 7) is 7.29. The normalized spacial score (nSPS) is 12.8. The van der Waals surface area contributed by atoms with Gasteiger partial charge in [0.05, 0.1) is 18.6 Å². The maximum Gasteiger partial charge on any atom is 0.0702 e. The molecule has 2 nitrogen and oxygen atoms in total. The van der Waals surface area contributed by atoms with Crippen molar-refractivity contribution >= 4 is 0 Å². The molecule has 0 aliphatic rings. The molecule has 0 bridgehead atoms. The molecule has 0 fully saturated rings. The van der Waals surface area contributed by atoms with Crippen LogP contribution in [-0.2, 0) is 4.74 Å². The van der Waals surface area contributed by atoms with Crippen molar-refractivity contribution in [3.63, 3.8) is 0 Å². The minimum Gasteiger partial charge on any atom is -0.377 e. The maximum absolute atomic E-state index is 8.48. The van der Waals surface area contributed by atoms with Crippen LogP contribution in [0.15, 0.2) is 0 Å². The van der Waals surface area contributed by atoms with Crippen LogP contribution in [0.2, 0.25) is 0 Å². The number of nitrogens with zero attached hydrogens (tertiary/aromatic N) is 1. The van der Waals surface area contributed by atoms with E-state index < -0.39 is 0 Å². The van der Waals surface area contributed by atoms with E-state index >= 15 is 0 Å². The van der Waals surface area contributed by atoms with Crippen LogP contribution in [0.4, 0.5) is 0 Å². The molecule has 0 spiro atoms. The molecule has 0 aromatic heterocycles. The molecule has 0 saturated carbocycles. The third-order valence-electron chi connectivity index (χ3n) is 2.05. The van der Waals surface area contributed by atoms with Gasteiger partial charge in [-0.3, -0.25) is 0 Å². The van der Waals surface area contributed by atoms with Crippen LogP contribution in [0.1, 0.15) is 46.5 Å². The number of hydrogen-bond acceptors (Lipinski definition) is 2. The minimum atomic E-state index is 0.150. The third kappa shape index (κ3) is 7.80. The molecular weight excluding hydrogens is 162 g/mol. The lowest BCUT2D eigenvalue weighted by Gasteiger charge is -2.12. The first-order valence-corrected chi connectivity index (χ1v) is 5.19. The summed E-state index contributed by atoms with van der Waals surface area (Å²) in [7, 11) is 0. The number of ether oxygens (including phenoxy) is 1. The Hall–Kier alpha value is -0.550. The van der Waals surface area contributed by atoms with Crippen LogP contribution >= 0.6 is 0 Å². The summed E-state index contributed by atoms with van der Waals surface area (Å²) < 4.78 is 5.56. The lowest BCUT2D eigenvalue weighted by atomic mass is 10.1. The SMILES string of the molecule is CCC(CC#N)OCCCC(C)C. The zero-order valence-electron chi connectivity index (χ0n) is 9.05. The molecule has 0 aromatic carbocycles. The molecule has 0 aromatic rings. The fourth-order valence-electron chi connectivity index (χ4n) is 1.16. The fourth-order valence-corrected chi connectivity index (χ4v) is 1.16. The second kappa shape index (κ2) is 8.07. The van der Waals surface area contributed by atoms with Gasteiger partial charge in [-0.15, -0.1) is 0 Å². The van der Waals surface area contributed by atoms with Crippen molar-refractivity contribution in [2.24, 2.45) is 5.92 Å². The average Bonchev–Trinajstić information content (AvgIpc) is 2.10. The van der Waals surface area contributed by atoms with E-state index in [0.29, 0.717) is 6.42 Å². The molecule has 0 saturated heterocycles. The second-order valence-electron chi connectivity index (χ2n) is 3.80. The molecule has 0 N–H and O–H groups in total. The minimum absolute atomic E-state index is 0.150. The summed E-state index contributed by atoms with van der Waals surface area (Å²) in [5.74, 6) is 0.750. The Balaban J connectivity index is 3.34. The highest BCUT2D eigenvalue weighted by Crippen LogP contribution is 2.07. The van der Waals surface area contributed by atoms with Crippen molar-refractivity contribution in [2.75, 3.05) is 6.61 Å². The fraction of sp³-hybridized carbons (Fsp3) is 0.909. The molecule has 13 heavy (non-hydrogen) atoms.